The van der Waals surface area contributed by atoms with Crippen LogP contribution in [0.15, 0.2) is 42.5 Å². The summed E-state index contributed by atoms with van der Waals surface area (Å²) in [5, 5.41) is 3.27. The van der Waals surface area contributed by atoms with Crippen LogP contribution in [0.5, 0.6) is 11.5 Å². The van der Waals surface area contributed by atoms with E-state index in [-0.39, 0.29) is 11.3 Å². The average molecular weight is 392 g/mol. The smallest absolute Gasteiger partial charge is 0.241 e. The van der Waals surface area contributed by atoms with E-state index >= 15 is 0 Å². The maximum absolute atomic E-state index is 12.5. The summed E-state index contributed by atoms with van der Waals surface area (Å²) < 4.78 is 10.9. The Labute approximate surface area is 172 Å². The second kappa shape index (κ2) is 6.83. The molecule has 2 aromatic rings. The van der Waals surface area contributed by atoms with Gasteiger partial charge < -0.3 is 19.7 Å². The minimum atomic E-state index is -0.632. The lowest BCUT2D eigenvalue weighted by Crippen LogP contribution is -2.58. The third-order valence-electron chi connectivity index (χ3n) is 6.38. The second-order valence-corrected chi connectivity index (χ2v) is 8.17. The van der Waals surface area contributed by atoms with Gasteiger partial charge in [-0.15, -0.1) is 0 Å². The predicted molar refractivity (Wildman–Crippen MR) is 116 cm³/mol. The summed E-state index contributed by atoms with van der Waals surface area (Å²) >= 11 is 0. The molecule has 1 fully saturated rings. The molecule has 5 heteroatoms. The van der Waals surface area contributed by atoms with Crippen molar-refractivity contribution in [3.8, 4) is 11.5 Å². The molecule has 0 aliphatic carbocycles. The zero-order valence-electron chi connectivity index (χ0n) is 17.7. The molecule has 1 saturated heterocycles. The highest BCUT2D eigenvalue weighted by molar-refractivity contribution is 5.91. The van der Waals surface area contributed by atoms with Crippen LogP contribution in [0.2, 0.25) is 0 Å². The van der Waals surface area contributed by atoms with Crippen molar-refractivity contribution in [2.24, 2.45) is 0 Å². The number of carbonyl (C=O) groups is 1. The van der Waals surface area contributed by atoms with Crippen molar-refractivity contribution < 1.29 is 14.3 Å². The van der Waals surface area contributed by atoms with Crippen LogP contribution in [0.3, 0.4) is 0 Å². The van der Waals surface area contributed by atoms with Gasteiger partial charge in [0.05, 0.1) is 20.8 Å². The summed E-state index contributed by atoms with van der Waals surface area (Å²) in [5.41, 5.74) is 3.66. The van der Waals surface area contributed by atoms with Crippen LogP contribution in [0, 0.1) is 0 Å². The van der Waals surface area contributed by atoms with Gasteiger partial charge in [0.15, 0.2) is 0 Å². The fourth-order valence-corrected chi connectivity index (χ4v) is 4.62. The summed E-state index contributed by atoms with van der Waals surface area (Å²) in [6, 6.07) is 12.3. The van der Waals surface area contributed by atoms with Gasteiger partial charge in [-0.3, -0.25) is 4.79 Å². The van der Waals surface area contributed by atoms with E-state index in [4.69, 9.17) is 9.47 Å². The Morgan fingerprint density at radius 3 is 2.62 bits per heavy atom. The molecule has 152 valence electrons. The molecule has 0 aromatic heterocycles. The van der Waals surface area contributed by atoms with Crippen LogP contribution in [0.4, 0.5) is 5.69 Å². The molecule has 2 aromatic carbocycles. The highest BCUT2D eigenvalue weighted by Gasteiger charge is 2.59. The summed E-state index contributed by atoms with van der Waals surface area (Å²) in [5.74, 6) is 1.55. The largest absolute Gasteiger partial charge is 0.497 e. The molecule has 1 amide bonds. The van der Waals surface area contributed by atoms with Crippen molar-refractivity contribution in [1.29, 1.82) is 0 Å². The molecule has 2 aliphatic heterocycles. The molecule has 5 nitrogen and oxygen atoms in total. The van der Waals surface area contributed by atoms with Crippen LogP contribution >= 0.6 is 0 Å². The normalized spacial score (nSPS) is 21.8. The molecule has 2 heterocycles. The third kappa shape index (κ3) is 2.79. The lowest BCUT2D eigenvalue weighted by atomic mass is 9.75. The van der Waals surface area contributed by atoms with Crippen LogP contribution in [0.1, 0.15) is 37.5 Å². The zero-order chi connectivity index (χ0) is 20.8. The molecule has 29 heavy (non-hydrogen) atoms. The van der Waals surface area contributed by atoms with Crippen LogP contribution in [0.25, 0.3) is 6.08 Å². The molecular formula is C24H28N2O3. The Morgan fingerprint density at radius 2 is 1.93 bits per heavy atom. The van der Waals surface area contributed by atoms with Gasteiger partial charge in [-0.2, -0.15) is 0 Å². The number of carbonyl (C=O) groups excluding carboxylic acids is 1. The van der Waals surface area contributed by atoms with E-state index in [0.717, 1.165) is 29.2 Å². The third-order valence-corrected chi connectivity index (χ3v) is 6.38. The molecule has 4 rings (SSSR count). The lowest BCUT2D eigenvalue weighted by Gasteiger charge is -2.40. The molecular weight excluding hydrogens is 364 g/mol. The minimum absolute atomic E-state index is 0.0329. The first-order valence-corrected chi connectivity index (χ1v) is 9.99. The summed E-state index contributed by atoms with van der Waals surface area (Å²) in [6.07, 6.45) is 5.11. The van der Waals surface area contributed by atoms with E-state index < -0.39 is 5.66 Å². The van der Waals surface area contributed by atoms with Gasteiger partial charge in [0.25, 0.3) is 0 Å². The standard InChI is InChI=1S/C24H28N2O3/c1-6-16-7-9-20-19(13-16)23(2,3)24(25-22(27)15-26(20)24)12-11-17-14-18(28-4)8-10-21(17)29-5/h7-14H,6,15H2,1-5H3,(H,25,27)/t24-/m1/s1. The van der Waals surface area contributed by atoms with Crippen LogP contribution in [-0.2, 0) is 16.6 Å². The van der Waals surface area contributed by atoms with Crippen molar-refractivity contribution in [2.75, 3.05) is 25.7 Å². The molecule has 0 saturated carbocycles. The lowest BCUT2D eigenvalue weighted by molar-refractivity contribution is -0.118. The molecule has 0 spiro atoms. The highest BCUT2D eigenvalue weighted by Crippen LogP contribution is 2.53. The van der Waals surface area contributed by atoms with Gasteiger partial charge in [0, 0.05) is 16.7 Å². The van der Waals surface area contributed by atoms with E-state index in [1.54, 1.807) is 14.2 Å². The number of rotatable bonds is 5. The van der Waals surface area contributed by atoms with Gasteiger partial charge >= 0.3 is 0 Å². The fourth-order valence-electron chi connectivity index (χ4n) is 4.62. The number of benzene rings is 2. The van der Waals surface area contributed by atoms with Crippen molar-refractivity contribution in [2.45, 2.75) is 38.3 Å². The average Bonchev–Trinajstić information content (AvgIpc) is 3.16. The quantitative estimate of drug-likeness (QED) is 0.838. The Balaban J connectivity index is 1.83. The number of ether oxygens (including phenoxy) is 2. The molecule has 0 bridgehead atoms. The zero-order valence-corrected chi connectivity index (χ0v) is 17.7. The summed E-state index contributed by atoms with van der Waals surface area (Å²) in [6.45, 7) is 6.91. The minimum Gasteiger partial charge on any atom is -0.497 e. The molecule has 2 aliphatic rings. The second-order valence-electron chi connectivity index (χ2n) is 8.17. The number of amides is 1. The topological polar surface area (TPSA) is 50.8 Å². The fraction of sp³-hybridized carbons (Fsp3) is 0.375. The van der Waals surface area contributed by atoms with Gasteiger partial charge in [-0.05, 0) is 47.9 Å². The summed E-state index contributed by atoms with van der Waals surface area (Å²) in [4.78, 5) is 14.7. The van der Waals surface area contributed by atoms with E-state index in [1.165, 1.54) is 11.1 Å². The Bertz CT molecular complexity index is 996. The van der Waals surface area contributed by atoms with E-state index in [9.17, 15) is 4.79 Å². The summed E-state index contributed by atoms with van der Waals surface area (Å²) in [7, 11) is 3.30. The first-order chi connectivity index (χ1) is 13.9. The van der Waals surface area contributed by atoms with E-state index in [2.05, 4.69) is 55.3 Å². The SMILES string of the molecule is CCc1ccc2c(c1)C(C)(C)[C@]1(C=Cc3cc(OC)ccc3OC)NC(=O)CN21. The van der Waals surface area contributed by atoms with E-state index in [0.29, 0.717) is 6.54 Å². The Kier molecular flexibility index (Phi) is 4.56. The van der Waals surface area contributed by atoms with Crippen molar-refractivity contribution in [3.05, 3.63) is 59.2 Å². The van der Waals surface area contributed by atoms with Crippen molar-refractivity contribution in [1.82, 2.24) is 5.32 Å². The molecule has 1 N–H and O–H groups in total. The van der Waals surface area contributed by atoms with Gasteiger partial charge in [-0.25, -0.2) is 0 Å². The van der Waals surface area contributed by atoms with Crippen molar-refractivity contribution in [3.63, 3.8) is 0 Å². The number of nitrogens with zero attached hydrogens (tertiary/aromatic N) is 1. The van der Waals surface area contributed by atoms with Gasteiger partial charge in [0.1, 0.15) is 17.2 Å². The van der Waals surface area contributed by atoms with Gasteiger partial charge in [0.2, 0.25) is 5.91 Å². The maximum atomic E-state index is 12.5. The van der Waals surface area contributed by atoms with Gasteiger partial charge in [-0.1, -0.05) is 39.0 Å². The number of aryl methyl sites for hydroxylation is 1. The number of fused-ring (bicyclic) bond motifs is 3. The number of methoxy groups -OCH3 is 2. The highest BCUT2D eigenvalue weighted by atomic mass is 16.5. The maximum Gasteiger partial charge on any atom is 0.241 e. The van der Waals surface area contributed by atoms with E-state index in [1.807, 2.05) is 24.3 Å². The van der Waals surface area contributed by atoms with Crippen LogP contribution < -0.4 is 19.7 Å². The van der Waals surface area contributed by atoms with Crippen molar-refractivity contribution >= 4 is 17.7 Å². The predicted octanol–water partition coefficient (Wildman–Crippen LogP) is 3.90. The molecule has 1 atom stereocenters. The first kappa shape index (κ1) is 19.4. The number of hydrogen-bond acceptors (Lipinski definition) is 4. The first-order valence-electron chi connectivity index (χ1n) is 9.99. The Morgan fingerprint density at radius 1 is 1.14 bits per heavy atom. The number of hydrogen-bond donors (Lipinski definition) is 1. The molecule has 0 radical (unpaired) electrons. The number of nitrogens with one attached hydrogen (secondary N) is 1. The molecule has 0 unspecified atom stereocenters. The number of anilines is 1. The van der Waals surface area contributed by atoms with Crippen LogP contribution in [-0.4, -0.2) is 32.3 Å². The monoisotopic (exact) mass is 392 g/mol. The Hall–Kier alpha value is -2.95.